The van der Waals surface area contributed by atoms with Gasteiger partial charge in [0.05, 0.1) is 5.56 Å². The molecule has 0 atom stereocenters. The Hall–Kier alpha value is -2.37. The zero-order chi connectivity index (χ0) is 15.0. The maximum absolute atomic E-state index is 12.7. The number of halogens is 3. The molecule has 6 heteroatoms. The van der Waals surface area contributed by atoms with Gasteiger partial charge < -0.3 is 0 Å². The standard InChI is InChI=1S/C15H12F3N3/c1-10-4-2-7-13-19-20-14(21(10)13)9-11-5-3-6-12(8-11)15(16,17)18/h2-8H,9H2,1H3. The molecule has 3 rings (SSSR count). The molecule has 0 saturated heterocycles. The van der Waals surface area contributed by atoms with E-state index in [2.05, 4.69) is 10.2 Å². The van der Waals surface area contributed by atoms with Crippen molar-refractivity contribution in [3.8, 4) is 0 Å². The lowest BCUT2D eigenvalue weighted by Crippen LogP contribution is -2.06. The molecule has 108 valence electrons. The van der Waals surface area contributed by atoms with Gasteiger partial charge in [0.25, 0.3) is 0 Å². The zero-order valence-corrected chi connectivity index (χ0v) is 11.2. The molecule has 0 aliphatic heterocycles. The van der Waals surface area contributed by atoms with E-state index in [4.69, 9.17) is 0 Å². The molecular formula is C15H12F3N3. The average molecular weight is 291 g/mol. The van der Waals surface area contributed by atoms with Crippen LogP contribution in [0.15, 0.2) is 42.5 Å². The van der Waals surface area contributed by atoms with Gasteiger partial charge in [-0.2, -0.15) is 13.2 Å². The first-order valence-electron chi connectivity index (χ1n) is 6.41. The van der Waals surface area contributed by atoms with Gasteiger partial charge in [0, 0.05) is 12.1 Å². The summed E-state index contributed by atoms with van der Waals surface area (Å²) >= 11 is 0. The lowest BCUT2D eigenvalue weighted by atomic mass is 10.1. The van der Waals surface area contributed by atoms with Gasteiger partial charge in [0.15, 0.2) is 5.65 Å². The van der Waals surface area contributed by atoms with Gasteiger partial charge in [-0.15, -0.1) is 10.2 Å². The van der Waals surface area contributed by atoms with Crippen LogP contribution in [0.1, 0.15) is 22.6 Å². The molecule has 0 spiro atoms. The van der Waals surface area contributed by atoms with E-state index in [1.165, 1.54) is 6.07 Å². The van der Waals surface area contributed by atoms with Gasteiger partial charge >= 0.3 is 6.18 Å². The number of benzene rings is 1. The van der Waals surface area contributed by atoms with Crippen molar-refractivity contribution in [3.63, 3.8) is 0 Å². The number of aromatic nitrogens is 3. The van der Waals surface area contributed by atoms with Crippen LogP contribution in [0.4, 0.5) is 13.2 Å². The lowest BCUT2D eigenvalue weighted by molar-refractivity contribution is -0.137. The van der Waals surface area contributed by atoms with Crippen molar-refractivity contribution in [2.75, 3.05) is 0 Å². The molecule has 3 aromatic rings. The molecular weight excluding hydrogens is 279 g/mol. The molecule has 21 heavy (non-hydrogen) atoms. The van der Waals surface area contributed by atoms with Crippen LogP contribution in [0.5, 0.6) is 0 Å². The number of nitrogens with zero attached hydrogens (tertiary/aromatic N) is 3. The fourth-order valence-corrected chi connectivity index (χ4v) is 2.33. The van der Waals surface area contributed by atoms with Crippen LogP contribution in [0, 0.1) is 6.92 Å². The number of rotatable bonds is 2. The molecule has 0 aliphatic carbocycles. The van der Waals surface area contributed by atoms with E-state index >= 15 is 0 Å². The number of hydrogen-bond acceptors (Lipinski definition) is 2. The third-order valence-electron chi connectivity index (χ3n) is 3.31. The second-order valence-electron chi connectivity index (χ2n) is 4.85. The molecule has 3 nitrogen and oxygen atoms in total. The highest BCUT2D eigenvalue weighted by atomic mass is 19.4. The zero-order valence-electron chi connectivity index (χ0n) is 11.2. The maximum Gasteiger partial charge on any atom is 0.416 e. The largest absolute Gasteiger partial charge is 0.416 e. The van der Waals surface area contributed by atoms with Gasteiger partial charge in [-0.3, -0.25) is 4.40 Å². The Morgan fingerprint density at radius 3 is 2.57 bits per heavy atom. The highest BCUT2D eigenvalue weighted by molar-refractivity contribution is 5.40. The summed E-state index contributed by atoms with van der Waals surface area (Å²) in [6, 6.07) is 10.9. The monoisotopic (exact) mass is 291 g/mol. The molecule has 0 bridgehead atoms. The number of hydrogen-bond donors (Lipinski definition) is 0. The fourth-order valence-electron chi connectivity index (χ4n) is 2.33. The molecule has 0 saturated carbocycles. The van der Waals surface area contributed by atoms with Gasteiger partial charge in [0.2, 0.25) is 0 Å². The predicted molar refractivity (Wildman–Crippen MR) is 72.0 cm³/mol. The lowest BCUT2D eigenvalue weighted by Gasteiger charge is -2.08. The molecule has 0 N–H and O–H groups in total. The number of alkyl halides is 3. The molecule has 0 fully saturated rings. The Bertz CT molecular complexity index is 790. The Kier molecular flexibility index (Phi) is 3.16. The van der Waals surface area contributed by atoms with Crippen molar-refractivity contribution >= 4 is 5.65 Å². The molecule has 1 aromatic carbocycles. The molecule has 2 heterocycles. The molecule has 0 radical (unpaired) electrons. The summed E-state index contributed by atoms with van der Waals surface area (Å²) in [5, 5.41) is 8.11. The highest BCUT2D eigenvalue weighted by Crippen LogP contribution is 2.29. The smallest absolute Gasteiger partial charge is 0.283 e. The minimum absolute atomic E-state index is 0.302. The molecule has 0 unspecified atom stereocenters. The first kappa shape index (κ1) is 13.6. The van der Waals surface area contributed by atoms with E-state index in [9.17, 15) is 13.2 Å². The van der Waals surface area contributed by atoms with Gasteiger partial charge in [-0.05, 0) is 30.7 Å². The van der Waals surface area contributed by atoms with Crippen LogP contribution in [0.25, 0.3) is 5.65 Å². The van der Waals surface area contributed by atoms with Crippen LogP contribution in [0.2, 0.25) is 0 Å². The van der Waals surface area contributed by atoms with Gasteiger partial charge in [-0.25, -0.2) is 0 Å². The average Bonchev–Trinajstić information content (AvgIpc) is 2.83. The summed E-state index contributed by atoms with van der Waals surface area (Å²) in [7, 11) is 0. The summed E-state index contributed by atoms with van der Waals surface area (Å²) in [6.07, 6.45) is -4.03. The van der Waals surface area contributed by atoms with Crippen LogP contribution >= 0.6 is 0 Å². The van der Waals surface area contributed by atoms with Gasteiger partial charge in [-0.1, -0.05) is 24.3 Å². The van der Waals surface area contributed by atoms with Crippen molar-refractivity contribution in [1.29, 1.82) is 0 Å². The third kappa shape index (κ3) is 2.61. The molecule has 2 aromatic heterocycles. The third-order valence-corrected chi connectivity index (χ3v) is 3.31. The minimum atomic E-state index is -4.33. The van der Waals surface area contributed by atoms with E-state index in [1.807, 2.05) is 29.5 Å². The van der Waals surface area contributed by atoms with Crippen molar-refractivity contribution in [3.05, 3.63) is 65.1 Å². The summed E-state index contributed by atoms with van der Waals surface area (Å²) in [6.45, 7) is 1.91. The summed E-state index contributed by atoms with van der Waals surface area (Å²) in [4.78, 5) is 0. The Balaban J connectivity index is 2.00. The van der Waals surface area contributed by atoms with Crippen LogP contribution in [0.3, 0.4) is 0 Å². The molecule has 0 amide bonds. The number of aryl methyl sites for hydroxylation is 1. The Morgan fingerprint density at radius 2 is 1.81 bits per heavy atom. The quantitative estimate of drug-likeness (QED) is 0.721. The van der Waals surface area contributed by atoms with Crippen molar-refractivity contribution in [2.45, 2.75) is 19.5 Å². The van der Waals surface area contributed by atoms with E-state index in [0.29, 0.717) is 23.5 Å². The SMILES string of the molecule is Cc1cccc2nnc(Cc3cccc(C(F)(F)F)c3)n12. The number of pyridine rings is 1. The van der Waals surface area contributed by atoms with Crippen LogP contribution in [-0.2, 0) is 12.6 Å². The fraction of sp³-hybridized carbons (Fsp3) is 0.200. The van der Waals surface area contributed by atoms with Crippen LogP contribution in [-0.4, -0.2) is 14.6 Å². The van der Waals surface area contributed by atoms with Crippen LogP contribution < -0.4 is 0 Å². The van der Waals surface area contributed by atoms with E-state index in [-0.39, 0.29) is 0 Å². The highest BCUT2D eigenvalue weighted by Gasteiger charge is 2.30. The van der Waals surface area contributed by atoms with Crippen molar-refractivity contribution in [2.24, 2.45) is 0 Å². The van der Waals surface area contributed by atoms with E-state index < -0.39 is 11.7 Å². The van der Waals surface area contributed by atoms with Crippen molar-refractivity contribution in [1.82, 2.24) is 14.6 Å². The van der Waals surface area contributed by atoms with Gasteiger partial charge in [0.1, 0.15) is 5.82 Å². The van der Waals surface area contributed by atoms with E-state index in [1.54, 1.807) is 6.07 Å². The summed E-state index contributed by atoms with van der Waals surface area (Å²) in [5.41, 5.74) is 1.55. The first-order chi connectivity index (χ1) is 9.95. The summed E-state index contributed by atoms with van der Waals surface area (Å²) in [5.74, 6) is 0.627. The Morgan fingerprint density at radius 1 is 1.05 bits per heavy atom. The summed E-state index contributed by atoms with van der Waals surface area (Å²) < 4.78 is 40.0. The number of fused-ring (bicyclic) bond motifs is 1. The maximum atomic E-state index is 12.7. The minimum Gasteiger partial charge on any atom is -0.283 e. The predicted octanol–water partition coefficient (Wildman–Crippen LogP) is 3.65. The second-order valence-corrected chi connectivity index (χ2v) is 4.85. The topological polar surface area (TPSA) is 30.2 Å². The first-order valence-corrected chi connectivity index (χ1v) is 6.41. The Labute approximate surface area is 119 Å². The second kappa shape index (κ2) is 4.87. The molecule has 0 aliphatic rings. The van der Waals surface area contributed by atoms with Crippen molar-refractivity contribution < 1.29 is 13.2 Å². The van der Waals surface area contributed by atoms with E-state index in [0.717, 1.165) is 17.8 Å². The normalized spacial score (nSPS) is 12.0.